The van der Waals surface area contributed by atoms with Crippen molar-refractivity contribution >= 4 is 0 Å². The highest BCUT2D eigenvalue weighted by atomic mass is 16.3. The Morgan fingerprint density at radius 1 is 1.05 bits per heavy atom. The topological polar surface area (TPSA) is 42.2 Å². The van der Waals surface area contributed by atoms with Crippen LogP contribution >= 0.6 is 0 Å². The van der Waals surface area contributed by atoms with Crippen molar-refractivity contribution in [2.75, 3.05) is 0 Å². The number of aromatic nitrogens is 1. The Kier molecular flexibility index (Phi) is 3.33. The van der Waals surface area contributed by atoms with E-state index in [1.807, 2.05) is 37.3 Å². The van der Waals surface area contributed by atoms with Crippen molar-refractivity contribution in [2.24, 2.45) is 7.05 Å². The summed E-state index contributed by atoms with van der Waals surface area (Å²) in [6.45, 7) is 5.27. The Bertz CT molecular complexity index is 646. The maximum Gasteiger partial charge on any atom is 0.256 e. The molecular weight excluding hydrogens is 238 g/mol. The molecule has 3 heteroatoms. The predicted octanol–water partition coefficient (Wildman–Crippen LogP) is 2.59. The van der Waals surface area contributed by atoms with Gasteiger partial charge in [0.15, 0.2) is 0 Å². The molecule has 0 unspecified atom stereocenters. The van der Waals surface area contributed by atoms with Gasteiger partial charge in [-0.1, -0.05) is 29.8 Å². The highest BCUT2D eigenvalue weighted by molar-refractivity contribution is 5.60. The molecule has 1 aromatic carbocycles. The second-order valence-electron chi connectivity index (χ2n) is 5.42. The molecule has 0 aliphatic heterocycles. The molecule has 0 fully saturated rings. The minimum Gasteiger partial charge on any atom is -0.386 e. The summed E-state index contributed by atoms with van der Waals surface area (Å²) < 4.78 is 1.58. The van der Waals surface area contributed by atoms with Crippen molar-refractivity contribution in [3.05, 3.63) is 57.9 Å². The third-order valence-corrected chi connectivity index (χ3v) is 3.31. The number of aryl methyl sites for hydroxylation is 1. The van der Waals surface area contributed by atoms with Crippen molar-refractivity contribution in [2.45, 2.75) is 26.4 Å². The first-order chi connectivity index (χ1) is 8.80. The highest BCUT2D eigenvalue weighted by Crippen LogP contribution is 2.21. The Balaban J connectivity index is 2.59. The van der Waals surface area contributed by atoms with E-state index in [1.54, 1.807) is 31.5 Å². The van der Waals surface area contributed by atoms with Gasteiger partial charge in [0.25, 0.3) is 5.56 Å². The molecule has 0 bridgehead atoms. The first-order valence-corrected chi connectivity index (χ1v) is 6.30. The molecule has 0 saturated heterocycles. The average Bonchev–Trinajstić information content (AvgIpc) is 2.32. The van der Waals surface area contributed by atoms with Gasteiger partial charge in [-0.05, 0) is 38.5 Å². The van der Waals surface area contributed by atoms with Gasteiger partial charge in [0.2, 0.25) is 0 Å². The van der Waals surface area contributed by atoms with Gasteiger partial charge >= 0.3 is 0 Å². The maximum atomic E-state index is 12.3. The number of nitrogens with zero attached hydrogens (tertiary/aromatic N) is 1. The molecule has 0 amide bonds. The van der Waals surface area contributed by atoms with Crippen molar-refractivity contribution < 1.29 is 5.11 Å². The second-order valence-corrected chi connectivity index (χ2v) is 5.42. The normalized spacial score (nSPS) is 11.6. The van der Waals surface area contributed by atoms with E-state index in [9.17, 15) is 9.90 Å². The smallest absolute Gasteiger partial charge is 0.256 e. The fourth-order valence-corrected chi connectivity index (χ4v) is 2.12. The molecule has 0 atom stereocenters. The maximum absolute atomic E-state index is 12.3. The highest BCUT2D eigenvalue weighted by Gasteiger charge is 2.21. The Morgan fingerprint density at radius 3 is 2.16 bits per heavy atom. The van der Waals surface area contributed by atoms with Gasteiger partial charge in [0.05, 0.1) is 11.3 Å². The van der Waals surface area contributed by atoms with E-state index >= 15 is 0 Å². The van der Waals surface area contributed by atoms with E-state index in [0.29, 0.717) is 5.56 Å². The van der Waals surface area contributed by atoms with Gasteiger partial charge in [-0.3, -0.25) is 4.79 Å². The van der Waals surface area contributed by atoms with Crippen LogP contribution in [0.3, 0.4) is 0 Å². The van der Waals surface area contributed by atoms with E-state index in [2.05, 4.69) is 0 Å². The third-order valence-electron chi connectivity index (χ3n) is 3.31. The lowest BCUT2D eigenvalue weighted by molar-refractivity contribution is 0.0766. The molecule has 0 saturated carbocycles. The molecule has 0 aliphatic rings. The molecule has 0 aliphatic carbocycles. The summed E-state index contributed by atoms with van der Waals surface area (Å²) in [5.41, 5.74) is 2.14. The predicted molar refractivity (Wildman–Crippen MR) is 77.1 cm³/mol. The number of aliphatic hydroxyl groups is 1. The first-order valence-electron chi connectivity index (χ1n) is 6.30. The molecule has 19 heavy (non-hydrogen) atoms. The van der Waals surface area contributed by atoms with Crippen LogP contribution < -0.4 is 5.56 Å². The number of pyridine rings is 1. The van der Waals surface area contributed by atoms with Crippen LogP contribution in [-0.4, -0.2) is 9.67 Å². The van der Waals surface area contributed by atoms with Gasteiger partial charge in [-0.15, -0.1) is 0 Å². The monoisotopic (exact) mass is 257 g/mol. The second kappa shape index (κ2) is 4.67. The fraction of sp³-hybridized carbons (Fsp3) is 0.312. The number of rotatable bonds is 2. The lowest BCUT2D eigenvalue weighted by atomic mass is 9.98. The number of benzene rings is 1. The van der Waals surface area contributed by atoms with Gasteiger partial charge in [-0.25, -0.2) is 0 Å². The zero-order valence-corrected chi connectivity index (χ0v) is 11.8. The van der Waals surface area contributed by atoms with Gasteiger partial charge < -0.3 is 9.67 Å². The molecule has 0 spiro atoms. The van der Waals surface area contributed by atoms with E-state index in [4.69, 9.17) is 0 Å². The third kappa shape index (κ3) is 2.61. The summed E-state index contributed by atoms with van der Waals surface area (Å²) in [6, 6.07) is 11.6. The van der Waals surface area contributed by atoms with Crippen LogP contribution in [0.4, 0.5) is 0 Å². The average molecular weight is 257 g/mol. The lowest BCUT2D eigenvalue weighted by Gasteiger charge is -2.19. The molecule has 2 aromatic rings. The van der Waals surface area contributed by atoms with Crippen LogP contribution in [0.25, 0.3) is 11.3 Å². The molecule has 0 radical (unpaired) electrons. The Morgan fingerprint density at radius 2 is 1.63 bits per heavy atom. The minimum absolute atomic E-state index is 0.162. The Labute approximate surface area is 113 Å². The summed E-state index contributed by atoms with van der Waals surface area (Å²) in [7, 11) is 1.73. The number of hydrogen-bond donors (Lipinski definition) is 1. The molecule has 100 valence electrons. The summed E-state index contributed by atoms with van der Waals surface area (Å²) in [5, 5.41) is 9.98. The minimum atomic E-state index is -1.12. The summed E-state index contributed by atoms with van der Waals surface area (Å²) >= 11 is 0. The van der Waals surface area contributed by atoms with Crippen LogP contribution in [0.15, 0.2) is 41.2 Å². The molecule has 2 rings (SSSR count). The van der Waals surface area contributed by atoms with Gasteiger partial charge in [0.1, 0.15) is 0 Å². The molecule has 1 aromatic heterocycles. The molecule has 1 heterocycles. The molecular formula is C16H19NO2. The van der Waals surface area contributed by atoms with Crippen LogP contribution in [0.5, 0.6) is 0 Å². The van der Waals surface area contributed by atoms with Crippen molar-refractivity contribution in [1.82, 2.24) is 4.57 Å². The Hall–Kier alpha value is -1.87. The standard InChI is InChI=1S/C16H19NO2/c1-11-5-7-12(8-6-11)14-10-9-13(16(2,3)19)15(18)17(14)4/h5-10,19H,1-4H3. The molecule has 1 N–H and O–H groups in total. The lowest BCUT2D eigenvalue weighted by Crippen LogP contribution is -2.31. The SMILES string of the molecule is Cc1ccc(-c2ccc(C(C)(C)O)c(=O)n2C)cc1. The zero-order valence-electron chi connectivity index (χ0n) is 11.8. The van der Waals surface area contributed by atoms with E-state index < -0.39 is 5.60 Å². The summed E-state index contributed by atoms with van der Waals surface area (Å²) in [5.74, 6) is 0. The largest absolute Gasteiger partial charge is 0.386 e. The van der Waals surface area contributed by atoms with Crippen LogP contribution in [0.1, 0.15) is 25.0 Å². The van der Waals surface area contributed by atoms with Crippen molar-refractivity contribution in [1.29, 1.82) is 0 Å². The van der Waals surface area contributed by atoms with Gasteiger partial charge in [-0.2, -0.15) is 0 Å². The first kappa shape index (κ1) is 13.6. The van der Waals surface area contributed by atoms with Crippen molar-refractivity contribution in [3.63, 3.8) is 0 Å². The zero-order chi connectivity index (χ0) is 14.2. The van der Waals surface area contributed by atoms with Crippen LogP contribution in [0, 0.1) is 6.92 Å². The summed E-state index contributed by atoms with van der Waals surface area (Å²) in [4.78, 5) is 12.3. The van der Waals surface area contributed by atoms with Gasteiger partial charge in [0, 0.05) is 12.6 Å². The number of hydrogen-bond acceptors (Lipinski definition) is 2. The van der Waals surface area contributed by atoms with E-state index in [0.717, 1.165) is 11.3 Å². The summed E-state index contributed by atoms with van der Waals surface area (Å²) in [6.07, 6.45) is 0. The van der Waals surface area contributed by atoms with Crippen LogP contribution in [-0.2, 0) is 12.6 Å². The van der Waals surface area contributed by atoms with Crippen LogP contribution in [0.2, 0.25) is 0 Å². The molecule has 3 nitrogen and oxygen atoms in total. The van der Waals surface area contributed by atoms with E-state index in [1.165, 1.54) is 5.56 Å². The quantitative estimate of drug-likeness (QED) is 0.898. The van der Waals surface area contributed by atoms with E-state index in [-0.39, 0.29) is 5.56 Å². The van der Waals surface area contributed by atoms with Crippen molar-refractivity contribution in [3.8, 4) is 11.3 Å². The fourth-order valence-electron chi connectivity index (χ4n) is 2.12.